The number of hydrogen-bond donors (Lipinski definition) is 3. The molecule has 5 heteroatoms. The number of hydrazine groups is 1. The van der Waals surface area contributed by atoms with E-state index in [1.165, 1.54) is 12.1 Å². The number of allylic oxidation sites excluding steroid dienone is 3. The van der Waals surface area contributed by atoms with Gasteiger partial charge in [0.25, 0.3) is 0 Å². The highest BCUT2D eigenvalue weighted by Crippen LogP contribution is 2.23. The van der Waals surface area contributed by atoms with E-state index in [2.05, 4.69) is 23.6 Å². The number of nitrogens with zero attached hydrogens (tertiary/aromatic N) is 1. The van der Waals surface area contributed by atoms with Crippen LogP contribution >= 0.6 is 0 Å². The lowest BCUT2D eigenvalue weighted by Gasteiger charge is -2.13. The molecule has 0 aliphatic carbocycles. The Balaban J connectivity index is 3.50. The van der Waals surface area contributed by atoms with E-state index >= 15 is 0 Å². The first-order chi connectivity index (χ1) is 9.67. The van der Waals surface area contributed by atoms with E-state index < -0.39 is 0 Å². The Bertz CT molecular complexity index is 585. The van der Waals surface area contributed by atoms with Crippen molar-refractivity contribution in [1.29, 1.82) is 0 Å². The van der Waals surface area contributed by atoms with Crippen molar-refractivity contribution < 1.29 is 4.39 Å². The minimum atomic E-state index is -0.366. The molecule has 4 nitrogen and oxygen atoms in total. The second-order valence-electron chi connectivity index (χ2n) is 3.71. The maximum Gasteiger partial charge on any atom is 0.123 e. The van der Waals surface area contributed by atoms with Crippen molar-refractivity contribution in [3.8, 4) is 0 Å². The molecule has 104 valence electrons. The van der Waals surface area contributed by atoms with Crippen molar-refractivity contribution >= 4 is 12.0 Å². The normalized spacial score (nSPS) is 13.0. The average Bonchev–Trinajstić information content (AvgIpc) is 2.44. The fraction of sp³-hybridized carbons (Fsp3) is 0. The number of nitrogens with one attached hydrogen (secondary N) is 1. The molecule has 0 aliphatic rings. The van der Waals surface area contributed by atoms with Gasteiger partial charge in [-0.15, -0.1) is 0 Å². The Labute approximate surface area is 117 Å². The third-order valence-electron chi connectivity index (χ3n) is 2.50. The Hall–Kier alpha value is -2.66. The zero-order valence-corrected chi connectivity index (χ0v) is 11.0. The molecule has 0 unspecified atom stereocenters. The molecule has 0 fully saturated rings. The highest BCUT2D eigenvalue weighted by molar-refractivity contribution is 5.74. The summed E-state index contributed by atoms with van der Waals surface area (Å²) in [6.45, 7) is 7.34. The molecule has 0 bridgehead atoms. The summed E-state index contributed by atoms with van der Waals surface area (Å²) < 4.78 is 13.3. The maximum atomic E-state index is 13.3. The summed E-state index contributed by atoms with van der Waals surface area (Å²) in [5.41, 5.74) is 10.0. The summed E-state index contributed by atoms with van der Waals surface area (Å²) in [4.78, 5) is 4.03. The van der Waals surface area contributed by atoms with Crippen LogP contribution in [0, 0.1) is 5.82 Å². The largest absolute Gasteiger partial charge is 0.390 e. The molecule has 1 aromatic rings. The van der Waals surface area contributed by atoms with Crippen LogP contribution in [0.4, 0.5) is 4.39 Å². The minimum absolute atomic E-state index is 0.366. The molecule has 0 heterocycles. The van der Waals surface area contributed by atoms with Crippen LogP contribution < -0.4 is 17.0 Å². The molecule has 1 rings (SSSR count). The van der Waals surface area contributed by atoms with Crippen LogP contribution in [-0.2, 0) is 0 Å². The molecule has 0 saturated heterocycles. The predicted molar refractivity (Wildman–Crippen MR) is 81.8 cm³/mol. The summed E-state index contributed by atoms with van der Waals surface area (Å²) in [6.07, 6.45) is 5.92. The Kier molecular flexibility index (Phi) is 5.93. The summed E-state index contributed by atoms with van der Waals surface area (Å²) in [5.74, 6) is 5.18. The van der Waals surface area contributed by atoms with Gasteiger partial charge >= 0.3 is 0 Å². The smallest absolute Gasteiger partial charge is 0.123 e. The number of nitrogens with two attached hydrogens (primary N) is 2. The molecule has 20 heavy (non-hydrogen) atoms. The van der Waals surface area contributed by atoms with Gasteiger partial charge in [0, 0.05) is 11.1 Å². The molecule has 0 atom stereocenters. The van der Waals surface area contributed by atoms with Gasteiger partial charge in [0.15, 0.2) is 0 Å². The van der Waals surface area contributed by atoms with Gasteiger partial charge < -0.3 is 11.2 Å². The zero-order valence-electron chi connectivity index (χ0n) is 11.0. The van der Waals surface area contributed by atoms with Gasteiger partial charge in [0.1, 0.15) is 5.82 Å². The Morgan fingerprint density at radius 3 is 2.60 bits per heavy atom. The fourth-order valence-electron chi connectivity index (χ4n) is 1.69. The third-order valence-corrected chi connectivity index (χ3v) is 2.50. The van der Waals surface area contributed by atoms with Gasteiger partial charge in [-0.25, -0.2) is 9.38 Å². The Morgan fingerprint density at radius 2 is 2.10 bits per heavy atom. The number of aliphatic imine (C=N–C) groups is 1. The summed E-state index contributed by atoms with van der Waals surface area (Å²) in [6, 6.07) is 6.02. The quantitative estimate of drug-likeness (QED) is 0.244. The van der Waals surface area contributed by atoms with E-state index in [4.69, 9.17) is 11.6 Å². The SMILES string of the molecule is C=C/C=C(N=CN)/C(C=C)=C(/NN)c1cccc(F)c1. The number of hydrogen-bond acceptors (Lipinski definition) is 3. The van der Waals surface area contributed by atoms with Gasteiger partial charge in [-0.05, 0) is 18.2 Å². The van der Waals surface area contributed by atoms with E-state index in [1.54, 1.807) is 30.4 Å². The van der Waals surface area contributed by atoms with Crippen LogP contribution in [0.25, 0.3) is 5.70 Å². The zero-order chi connectivity index (χ0) is 15.0. The maximum absolute atomic E-state index is 13.3. The van der Waals surface area contributed by atoms with Crippen LogP contribution in [0.2, 0.25) is 0 Å². The van der Waals surface area contributed by atoms with Gasteiger partial charge in [0.2, 0.25) is 0 Å². The molecular weight excluding hydrogens is 255 g/mol. The topological polar surface area (TPSA) is 76.4 Å². The monoisotopic (exact) mass is 272 g/mol. The number of rotatable bonds is 6. The van der Waals surface area contributed by atoms with Crippen molar-refractivity contribution in [1.82, 2.24) is 5.43 Å². The molecule has 5 N–H and O–H groups in total. The summed E-state index contributed by atoms with van der Waals surface area (Å²) in [7, 11) is 0. The molecule has 0 saturated carbocycles. The van der Waals surface area contributed by atoms with Crippen LogP contribution in [-0.4, -0.2) is 6.34 Å². The predicted octanol–water partition coefficient (Wildman–Crippen LogP) is 2.24. The first-order valence-electron chi connectivity index (χ1n) is 5.84. The first kappa shape index (κ1) is 15.4. The van der Waals surface area contributed by atoms with Gasteiger partial charge in [-0.3, -0.25) is 5.84 Å². The molecule has 0 spiro atoms. The van der Waals surface area contributed by atoms with E-state index in [0.717, 1.165) is 6.34 Å². The fourth-order valence-corrected chi connectivity index (χ4v) is 1.69. The molecule has 0 aromatic heterocycles. The lowest BCUT2D eigenvalue weighted by molar-refractivity contribution is 0.627. The number of halogens is 1. The van der Waals surface area contributed by atoms with Crippen LogP contribution in [0.1, 0.15) is 5.56 Å². The van der Waals surface area contributed by atoms with E-state index in [9.17, 15) is 4.39 Å². The van der Waals surface area contributed by atoms with Crippen LogP contribution in [0.5, 0.6) is 0 Å². The van der Waals surface area contributed by atoms with Crippen molar-refractivity contribution in [2.24, 2.45) is 16.6 Å². The highest BCUT2D eigenvalue weighted by atomic mass is 19.1. The molecule has 1 aromatic carbocycles. The highest BCUT2D eigenvalue weighted by Gasteiger charge is 2.10. The first-order valence-corrected chi connectivity index (χ1v) is 5.84. The second kappa shape index (κ2) is 7.70. The van der Waals surface area contributed by atoms with E-state index in [-0.39, 0.29) is 5.82 Å². The number of benzene rings is 1. The second-order valence-corrected chi connectivity index (χ2v) is 3.71. The molecule has 0 aliphatic heterocycles. The van der Waals surface area contributed by atoms with Crippen molar-refractivity contribution in [2.75, 3.05) is 0 Å². The lowest BCUT2D eigenvalue weighted by Crippen LogP contribution is -2.22. The summed E-state index contributed by atoms with van der Waals surface area (Å²) >= 11 is 0. The van der Waals surface area contributed by atoms with E-state index in [1.807, 2.05) is 0 Å². The van der Waals surface area contributed by atoms with E-state index in [0.29, 0.717) is 22.5 Å². The Morgan fingerprint density at radius 1 is 1.35 bits per heavy atom. The average molecular weight is 272 g/mol. The van der Waals surface area contributed by atoms with Gasteiger partial charge in [-0.1, -0.05) is 37.4 Å². The van der Waals surface area contributed by atoms with Crippen molar-refractivity contribution in [3.05, 3.63) is 78.3 Å². The molecular formula is C15H17FN4. The summed E-state index contributed by atoms with van der Waals surface area (Å²) in [5, 5.41) is 0. The van der Waals surface area contributed by atoms with Crippen molar-refractivity contribution in [3.63, 3.8) is 0 Å². The van der Waals surface area contributed by atoms with Crippen LogP contribution in [0.3, 0.4) is 0 Å². The third kappa shape index (κ3) is 3.66. The van der Waals surface area contributed by atoms with Crippen LogP contribution in [0.15, 0.2) is 71.9 Å². The van der Waals surface area contributed by atoms with Gasteiger partial charge in [0.05, 0.1) is 17.7 Å². The standard InChI is InChI=1S/C15H17FN4/c1-3-6-14(19-10-17)13(4-2)15(20-18)11-7-5-8-12(16)9-11/h3-10,20H,1-2,18H2,(H2,17,19)/b14-6-,15-13+. The molecule has 0 radical (unpaired) electrons. The van der Waals surface area contributed by atoms with Crippen molar-refractivity contribution in [2.45, 2.75) is 0 Å². The molecule has 0 amide bonds. The minimum Gasteiger partial charge on any atom is -0.390 e. The van der Waals surface area contributed by atoms with Gasteiger partial charge in [-0.2, -0.15) is 0 Å². The lowest BCUT2D eigenvalue weighted by atomic mass is 10.0.